The quantitative estimate of drug-likeness (QED) is 0.790. The van der Waals surface area contributed by atoms with E-state index >= 15 is 0 Å². The maximum Gasteiger partial charge on any atom is 0.223 e. The summed E-state index contributed by atoms with van der Waals surface area (Å²) in [6, 6.07) is 3.61. The van der Waals surface area contributed by atoms with Crippen molar-refractivity contribution >= 4 is 23.0 Å². The summed E-state index contributed by atoms with van der Waals surface area (Å²) in [7, 11) is 0. The van der Waals surface area contributed by atoms with E-state index in [1.165, 1.54) is 11.3 Å². The second-order valence-electron chi connectivity index (χ2n) is 3.94. The molecule has 0 aliphatic heterocycles. The molecule has 0 unspecified atom stereocenters. The Kier molecular flexibility index (Phi) is 2.86. The number of ketones is 1. The predicted octanol–water partition coefficient (Wildman–Crippen LogP) is 1.70. The SMILES string of the molecule is C[C@H]1C[C@H]1C(=O)NCC(=O)c1cccs1. The molecule has 1 fully saturated rings. The summed E-state index contributed by atoms with van der Waals surface area (Å²) in [4.78, 5) is 23.7. The first-order valence-corrected chi connectivity index (χ1v) is 5.91. The molecule has 80 valence electrons. The summed E-state index contributed by atoms with van der Waals surface area (Å²) >= 11 is 1.41. The molecule has 0 bridgehead atoms. The van der Waals surface area contributed by atoms with Crippen LogP contribution in [0.3, 0.4) is 0 Å². The van der Waals surface area contributed by atoms with Gasteiger partial charge in [0.15, 0.2) is 5.78 Å². The topological polar surface area (TPSA) is 46.2 Å². The lowest BCUT2D eigenvalue weighted by atomic mass is 10.3. The van der Waals surface area contributed by atoms with E-state index < -0.39 is 0 Å². The average molecular weight is 223 g/mol. The highest BCUT2D eigenvalue weighted by molar-refractivity contribution is 7.12. The fraction of sp³-hybridized carbons (Fsp3) is 0.455. The van der Waals surface area contributed by atoms with Gasteiger partial charge in [0, 0.05) is 5.92 Å². The van der Waals surface area contributed by atoms with E-state index in [1.54, 1.807) is 6.07 Å². The first-order chi connectivity index (χ1) is 7.18. The molecule has 1 aliphatic carbocycles. The van der Waals surface area contributed by atoms with E-state index in [1.807, 2.05) is 18.4 Å². The van der Waals surface area contributed by atoms with Crippen LogP contribution in [0.2, 0.25) is 0 Å². The minimum Gasteiger partial charge on any atom is -0.348 e. The van der Waals surface area contributed by atoms with Gasteiger partial charge in [-0.15, -0.1) is 11.3 Å². The van der Waals surface area contributed by atoms with Gasteiger partial charge in [-0.05, 0) is 23.8 Å². The summed E-state index contributed by atoms with van der Waals surface area (Å²) in [6.45, 7) is 2.17. The summed E-state index contributed by atoms with van der Waals surface area (Å²) in [6.07, 6.45) is 0.957. The first-order valence-electron chi connectivity index (χ1n) is 5.03. The summed E-state index contributed by atoms with van der Waals surface area (Å²) in [5, 5.41) is 4.54. The van der Waals surface area contributed by atoms with Gasteiger partial charge >= 0.3 is 0 Å². The monoisotopic (exact) mass is 223 g/mol. The third-order valence-electron chi connectivity index (χ3n) is 2.67. The molecule has 0 radical (unpaired) electrons. The fourth-order valence-electron chi connectivity index (χ4n) is 1.51. The Morgan fingerprint density at radius 3 is 2.87 bits per heavy atom. The van der Waals surface area contributed by atoms with Crippen LogP contribution in [0.4, 0.5) is 0 Å². The Labute approximate surface area is 92.5 Å². The van der Waals surface area contributed by atoms with E-state index in [0.29, 0.717) is 10.8 Å². The standard InChI is InChI=1S/C11H13NO2S/c1-7-5-8(7)11(14)12-6-9(13)10-3-2-4-15-10/h2-4,7-8H,5-6H2,1H3,(H,12,14)/t7-,8+/m0/s1. The van der Waals surface area contributed by atoms with Crippen LogP contribution in [0.25, 0.3) is 0 Å². The Bertz CT molecular complexity index is 372. The van der Waals surface area contributed by atoms with Crippen molar-refractivity contribution in [3.63, 3.8) is 0 Å². The van der Waals surface area contributed by atoms with Crippen LogP contribution in [0.1, 0.15) is 23.0 Å². The van der Waals surface area contributed by atoms with Gasteiger partial charge in [0.1, 0.15) is 0 Å². The second kappa shape index (κ2) is 4.14. The largest absolute Gasteiger partial charge is 0.348 e. The number of hydrogen-bond donors (Lipinski definition) is 1. The molecule has 0 saturated heterocycles. The van der Waals surface area contributed by atoms with E-state index in [0.717, 1.165) is 6.42 Å². The Balaban J connectivity index is 1.79. The Morgan fingerprint density at radius 1 is 1.60 bits per heavy atom. The van der Waals surface area contributed by atoms with E-state index in [4.69, 9.17) is 0 Å². The van der Waals surface area contributed by atoms with Crippen molar-refractivity contribution in [1.82, 2.24) is 5.32 Å². The fourth-order valence-corrected chi connectivity index (χ4v) is 2.17. The van der Waals surface area contributed by atoms with Crippen LogP contribution in [0.15, 0.2) is 17.5 Å². The highest BCUT2D eigenvalue weighted by Crippen LogP contribution is 2.37. The van der Waals surface area contributed by atoms with Gasteiger partial charge in [-0.2, -0.15) is 0 Å². The molecule has 0 spiro atoms. The molecule has 0 aromatic carbocycles. The predicted molar refractivity (Wildman–Crippen MR) is 58.9 cm³/mol. The van der Waals surface area contributed by atoms with Crippen LogP contribution in [0.5, 0.6) is 0 Å². The molecule has 2 atom stereocenters. The van der Waals surface area contributed by atoms with Crippen LogP contribution >= 0.6 is 11.3 Å². The molecule has 1 aromatic heterocycles. The molecule has 1 aliphatic rings. The molecule has 2 rings (SSSR count). The molecule has 1 heterocycles. The smallest absolute Gasteiger partial charge is 0.223 e. The molecular weight excluding hydrogens is 210 g/mol. The van der Waals surface area contributed by atoms with Crippen molar-refractivity contribution < 1.29 is 9.59 Å². The van der Waals surface area contributed by atoms with Gasteiger partial charge in [-0.1, -0.05) is 13.0 Å². The van der Waals surface area contributed by atoms with Gasteiger partial charge in [0.05, 0.1) is 11.4 Å². The number of hydrogen-bond acceptors (Lipinski definition) is 3. The number of carbonyl (C=O) groups is 2. The van der Waals surface area contributed by atoms with E-state index in [-0.39, 0.29) is 24.2 Å². The van der Waals surface area contributed by atoms with Crippen molar-refractivity contribution in [2.45, 2.75) is 13.3 Å². The van der Waals surface area contributed by atoms with Crippen molar-refractivity contribution in [3.8, 4) is 0 Å². The van der Waals surface area contributed by atoms with Crippen molar-refractivity contribution in [2.75, 3.05) is 6.54 Å². The van der Waals surface area contributed by atoms with Gasteiger partial charge in [0.25, 0.3) is 0 Å². The highest BCUT2D eigenvalue weighted by atomic mass is 32.1. The average Bonchev–Trinajstić information content (AvgIpc) is 2.75. The van der Waals surface area contributed by atoms with Crippen LogP contribution in [-0.4, -0.2) is 18.2 Å². The lowest BCUT2D eigenvalue weighted by Gasteiger charge is -2.01. The molecule has 4 heteroatoms. The summed E-state index contributed by atoms with van der Waals surface area (Å²) in [5.74, 6) is 0.641. The van der Waals surface area contributed by atoms with Gasteiger partial charge in [0.2, 0.25) is 5.91 Å². The molecular formula is C11H13NO2S. The van der Waals surface area contributed by atoms with Gasteiger partial charge in [-0.3, -0.25) is 9.59 Å². The second-order valence-corrected chi connectivity index (χ2v) is 4.89. The third kappa shape index (κ3) is 2.45. The first kappa shape index (κ1) is 10.4. The highest BCUT2D eigenvalue weighted by Gasteiger charge is 2.38. The lowest BCUT2D eigenvalue weighted by molar-refractivity contribution is -0.122. The maximum atomic E-state index is 11.5. The molecule has 1 amide bonds. The van der Waals surface area contributed by atoms with Gasteiger partial charge in [-0.25, -0.2) is 0 Å². The van der Waals surface area contributed by atoms with E-state index in [9.17, 15) is 9.59 Å². The number of Topliss-reactive ketones (excluding diaryl/α,β-unsaturated/α-hetero) is 1. The molecule has 3 nitrogen and oxygen atoms in total. The molecule has 15 heavy (non-hydrogen) atoms. The normalized spacial score (nSPS) is 23.5. The van der Waals surface area contributed by atoms with Crippen LogP contribution in [0, 0.1) is 11.8 Å². The maximum absolute atomic E-state index is 11.5. The molecule has 1 N–H and O–H groups in total. The number of rotatable bonds is 4. The van der Waals surface area contributed by atoms with Crippen molar-refractivity contribution in [2.24, 2.45) is 11.8 Å². The third-order valence-corrected chi connectivity index (χ3v) is 3.58. The number of thiophene rings is 1. The zero-order valence-corrected chi connectivity index (χ0v) is 9.34. The summed E-state index contributed by atoms with van der Waals surface area (Å²) in [5.41, 5.74) is 0. The minimum absolute atomic E-state index is 0.00773. The van der Waals surface area contributed by atoms with Crippen molar-refractivity contribution in [1.29, 1.82) is 0 Å². The minimum atomic E-state index is -0.00773. The molecule has 1 aromatic rings. The Morgan fingerprint density at radius 2 is 2.33 bits per heavy atom. The van der Waals surface area contributed by atoms with Crippen molar-refractivity contribution in [3.05, 3.63) is 22.4 Å². The summed E-state index contributed by atoms with van der Waals surface area (Å²) < 4.78 is 0. The van der Waals surface area contributed by atoms with E-state index in [2.05, 4.69) is 5.32 Å². The lowest BCUT2D eigenvalue weighted by Crippen LogP contribution is -2.30. The number of amides is 1. The zero-order valence-electron chi connectivity index (χ0n) is 8.53. The van der Waals surface area contributed by atoms with Crippen LogP contribution < -0.4 is 5.32 Å². The van der Waals surface area contributed by atoms with Crippen LogP contribution in [-0.2, 0) is 4.79 Å². The zero-order chi connectivity index (χ0) is 10.8. The molecule has 1 saturated carbocycles. The number of nitrogens with one attached hydrogen (secondary N) is 1. The number of carbonyl (C=O) groups excluding carboxylic acids is 2. The van der Waals surface area contributed by atoms with Gasteiger partial charge < -0.3 is 5.32 Å². The Hall–Kier alpha value is -1.16.